The molecule has 2 rings (SSSR count). The van der Waals surface area contributed by atoms with Gasteiger partial charge in [0.1, 0.15) is 5.60 Å². The second kappa shape index (κ2) is 6.26. The lowest BCUT2D eigenvalue weighted by Crippen LogP contribution is -2.32. The standard InChI is InChI=1S/C16H20N2O2S/c1-11-14(21-10-18-11)13-7-5-12(6-8-13)9-17-15(19)20-16(2,3)4/h5-8,10H,9H2,1-4H3,(H,17,19). The fourth-order valence-corrected chi connectivity index (χ4v) is 2.65. The number of carbonyl (C=O) groups excluding carboxylic acids is 1. The van der Waals surface area contributed by atoms with E-state index in [1.165, 1.54) is 4.88 Å². The number of alkyl carbamates (subject to hydrolysis) is 1. The number of hydrogen-bond donors (Lipinski definition) is 1. The number of rotatable bonds is 3. The average molecular weight is 304 g/mol. The minimum atomic E-state index is -0.475. The number of nitrogens with one attached hydrogen (secondary N) is 1. The lowest BCUT2D eigenvalue weighted by atomic mass is 10.1. The van der Waals surface area contributed by atoms with Gasteiger partial charge in [0.2, 0.25) is 0 Å². The Hall–Kier alpha value is -1.88. The first-order valence-electron chi connectivity index (χ1n) is 6.81. The normalized spacial score (nSPS) is 11.2. The molecule has 5 heteroatoms. The molecule has 0 aliphatic carbocycles. The molecular weight excluding hydrogens is 284 g/mol. The van der Waals surface area contributed by atoms with Crippen molar-refractivity contribution in [1.29, 1.82) is 0 Å². The highest BCUT2D eigenvalue weighted by molar-refractivity contribution is 7.13. The topological polar surface area (TPSA) is 51.2 Å². The van der Waals surface area contributed by atoms with Crippen LogP contribution >= 0.6 is 11.3 Å². The molecule has 0 spiro atoms. The Labute approximate surface area is 129 Å². The first-order valence-corrected chi connectivity index (χ1v) is 7.69. The van der Waals surface area contributed by atoms with Crippen LogP contribution in [0.5, 0.6) is 0 Å². The number of hydrogen-bond acceptors (Lipinski definition) is 4. The minimum absolute atomic E-state index is 0.398. The van der Waals surface area contributed by atoms with E-state index in [9.17, 15) is 4.79 Å². The van der Waals surface area contributed by atoms with Gasteiger partial charge in [-0.15, -0.1) is 11.3 Å². The Morgan fingerprint density at radius 3 is 2.48 bits per heavy atom. The molecule has 2 aromatic rings. The van der Waals surface area contributed by atoms with Crippen molar-refractivity contribution >= 4 is 17.4 Å². The predicted octanol–water partition coefficient (Wildman–Crippen LogP) is 4.14. The molecule has 1 aromatic heterocycles. The van der Waals surface area contributed by atoms with Gasteiger partial charge in [0.05, 0.1) is 16.1 Å². The molecule has 21 heavy (non-hydrogen) atoms. The van der Waals surface area contributed by atoms with Gasteiger partial charge in [-0.1, -0.05) is 24.3 Å². The van der Waals surface area contributed by atoms with Crippen molar-refractivity contribution in [1.82, 2.24) is 10.3 Å². The highest BCUT2D eigenvalue weighted by Gasteiger charge is 2.15. The van der Waals surface area contributed by atoms with Gasteiger partial charge >= 0.3 is 6.09 Å². The molecule has 0 aliphatic heterocycles. The molecule has 0 saturated heterocycles. The van der Waals surface area contributed by atoms with Crippen molar-refractivity contribution in [2.45, 2.75) is 39.8 Å². The van der Waals surface area contributed by atoms with E-state index < -0.39 is 11.7 Å². The Bertz CT molecular complexity index is 612. The molecule has 0 aliphatic rings. The van der Waals surface area contributed by atoms with Gasteiger partial charge in [-0.05, 0) is 38.8 Å². The van der Waals surface area contributed by atoms with E-state index >= 15 is 0 Å². The maximum absolute atomic E-state index is 11.6. The Kier molecular flexibility index (Phi) is 4.63. The van der Waals surface area contributed by atoms with Crippen LogP contribution in [0.25, 0.3) is 10.4 Å². The van der Waals surface area contributed by atoms with E-state index in [0.29, 0.717) is 6.54 Å². The van der Waals surface area contributed by atoms with E-state index in [4.69, 9.17) is 4.74 Å². The van der Waals surface area contributed by atoms with Crippen LogP contribution in [0, 0.1) is 6.92 Å². The van der Waals surface area contributed by atoms with Gasteiger partial charge in [-0.25, -0.2) is 9.78 Å². The van der Waals surface area contributed by atoms with Crippen molar-refractivity contribution in [2.24, 2.45) is 0 Å². The molecule has 0 fully saturated rings. The highest BCUT2D eigenvalue weighted by Crippen LogP contribution is 2.27. The molecule has 0 bridgehead atoms. The lowest BCUT2D eigenvalue weighted by molar-refractivity contribution is 0.0523. The SMILES string of the molecule is Cc1ncsc1-c1ccc(CNC(=O)OC(C)(C)C)cc1. The van der Waals surface area contributed by atoms with Gasteiger partial charge in [-0.3, -0.25) is 0 Å². The number of aryl methyl sites for hydroxylation is 1. The molecule has 0 atom stereocenters. The average Bonchev–Trinajstić information content (AvgIpc) is 2.81. The number of ether oxygens (including phenoxy) is 1. The third kappa shape index (κ3) is 4.56. The van der Waals surface area contributed by atoms with Crippen LogP contribution in [-0.4, -0.2) is 16.7 Å². The smallest absolute Gasteiger partial charge is 0.407 e. The van der Waals surface area contributed by atoms with Crippen molar-refractivity contribution in [3.63, 3.8) is 0 Å². The quantitative estimate of drug-likeness (QED) is 0.927. The molecule has 1 heterocycles. The molecule has 0 saturated carbocycles. The van der Waals surface area contributed by atoms with E-state index in [1.54, 1.807) is 11.3 Å². The zero-order chi connectivity index (χ0) is 15.5. The summed E-state index contributed by atoms with van der Waals surface area (Å²) in [6.45, 7) is 8.00. The van der Waals surface area contributed by atoms with Crippen molar-refractivity contribution < 1.29 is 9.53 Å². The predicted molar refractivity (Wildman–Crippen MR) is 85.4 cm³/mol. The van der Waals surface area contributed by atoms with Crippen LogP contribution in [0.3, 0.4) is 0 Å². The number of nitrogens with zero attached hydrogens (tertiary/aromatic N) is 1. The second-order valence-corrected chi connectivity index (χ2v) is 6.67. The summed E-state index contributed by atoms with van der Waals surface area (Å²) in [6, 6.07) is 8.11. The first-order chi connectivity index (χ1) is 9.85. The van der Waals surface area contributed by atoms with Crippen LogP contribution in [0.1, 0.15) is 32.0 Å². The molecule has 1 amide bonds. The summed E-state index contributed by atoms with van der Waals surface area (Å²) in [6.07, 6.45) is -0.398. The first kappa shape index (κ1) is 15.5. The largest absolute Gasteiger partial charge is 0.444 e. The molecule has 4 nitrogen and oxygen atoms in total. The summed E-state index contributed by atoms with van der Waals surface area (Å²) < 4.78 is 5.20. The van der Waals surface area contributed by atoms with Crippen molar-refractivity contribution in [3.05, 3.63) is 41.0 Å². The van der Waals surface area contributed by atoms with E-state index in [0.717, 1.165) is 16.8 Å². The van der Waals surface area contributed by atoms with E-state index in [2.05, 4.69) is 10.3 Å². The van der Waals surface area contributed by atoms with Crippen LogP contribution in [0.15, 0.2) is 29.8 Å². The fraction of sp³-hybridized carbons (Fsp3) is 0.375. The number of benzene rings is 1. The van der Waals surface area contributed by atoms with Crippen LogP contribution in [-0.2, 0) is 11.3 Å². The van der Waals surface area contributed by atoms with Crippen molar-refractivity contribution in [3.8, 4) is 10.4 Å². The third-order valence-electron chi connectivity index (χ3n) is 2.80. The zero-order valence-electron chi connectivity index (χ0n) is 12.8. The Morgan fingerprint density at radius 1 is 1.29 bits per heavy atom. The summed E-state index contributed by atoms with van der Waals surface area (Å²) >= 11 is 1.63. The molecule has 112 valence electrons. The van der Waals surface area contributed by atoms with Gasteiger partial charge in [0.15, 0.2) is 0 Å². The summed E-state index contributed by atoms with van der Waals surface area (Å²) in [7, 11) is 0. The Balaban J connectivity index is 1.94. The van der Waals surface area contributed by atoms with Gasteiger partial charge in [-0.2, -0.15) is 0 Å². The van der Waals surface area contributed by atoms with Crippen LogP contribution in [0.4, 0.5) is 4.79 Å². The number of carbonyl (C=O) groups is 1. The van der Waals surface area contributed by atoms with E-state index in [-0.39, 0.29) is 0 Å². The fourth-order valence-electron chi connectivity index (χ4n) is 1.84. The Morgan fingerprint density at radius 2 is 1.95 bits per heavy atom. The molecular formula is C16H20N2O2S. The second-order valence-electron chi connectivity index (χ2n) is 5.82. The zero-order valence-corrected chi connectivity index (χ0v) is 13.6. The van der Waals surface area contributed by atoms with Gasteiger partial charge in [0, 0.05) is 6.54 Å². The number of thiazole rings is 1. The summed E-state index contributed by atoms with van der Waals surface area (Å²) in [5.41, 5.74) is 4.60. The monoisotopic (exact) mass is 304 g/mol. The van der Waals surface area contributed by atoms with Gasteiger partial charge in [0.25, 0.3) is 0 Å². The number of aromatic nitrogens is 1. The van der Waals surface area contributed by atoms with E-state index in [1.807, 2.05) is 57.5 Å². The lowest BCUT2D eigenvalue weighted by Gasteiger charge is -2.19. The van der Waals surface area contributed by atoms with Crippen molar-refractivity contribution in [2.75, 3.05) is 0 Å². The molecule has 0 radical (unpaired) electrons. The molecule has 1 aromatic carbocycles. The third-order valence-corrected chi connectivity index (χ3v) is 3.78. The molecule has 0 unspecified atom stereocenters. The highest BCUT2D eigenvalue weighted by atomic mass is 32.1. The van der Waals surface area contributed by atoms with Gasteiger partial charge < -0.3 is 10.1 Å². The summed E-state index contributed by atoms with van der Waals surface area (Å²) in [4.78, 5) is 17.0. The summed E-state index contributed by atoms with van der Waals surface area (Å²) in [5, 5.41) is 2.75. The van der Waals surface area contributed by atoms with Crippen LogP contribution < -0.4 is 5.32 Å². The van der Waals surface area contributed by atoms with Crippen LogP contribution in [0.2, 0.25) is 0 Å². The maximum atomic E-state index is 11.6. The number of amides is 1. The minimum Gasteiger partial charge on any atom is -0.444 e. The summed E-state index contributed by atoms with van der Waals surface area (Å²) in [5.74, 6) is 0. The molecule has 1 N–H and O–H groups in total. The maximum Gasteiger partial charge on any atom is 0.407 e.